The van der Waals surface area contributed by atoms with Crippen LogP contribution in [0.4, 0.5) is 5.13 Å². The van der Waals surface area contributed by atoms with Crippen molar-refractivity contribution in [3.8, 4) is 5.75 Å². The average Bonchev–Trinajstić information content (AvgIpc) is 3.32. The number of hydrogen-bond donors (Lipinski definition) is 0. The van der Waals surface area contributed by atoms with Crippen LogP contribution in [-0.4, -0.2) is 61.8 Å². The van der Waals surface area contributed by atoms with Crippen molar-refractivity contribution >= 4 is 44.2 Å². The summed E-state index contributed by atoms with van der Waals surface area (Å²) >= 11 is 7.87. The second-order valence-electron chi connectivity index (χ2n) is 6.24. The molecule has 0 N–H and O–H groups in total. The van der Waals surface area contributed by atoms with E-state index in [4.69, 9.17) is 26.1 Å². The Bertz CT molecular complexity index is 783. The molecule has 2 saturated heterocycles. The number of rotatable bonds is 3. The number of thiazole rings is 1. The van der Waals surface area contributed by atoms with Crippen LogP contribution in [-0.2, 0) is 9.53 Å². The van der Waals surface area contributed by atoms with Gasteiger partial charge >= 0.3 is 0 Å². The third-order valence-corrected chi connectivity index (χ3v) is 6.31. The number of carbonyl (C=O) groups excluding carboxylic acids is 1. The van der Waals surface area contributed by atoms with E-state index >= 15 is 0 Å². The van der Waals surface area contributed by atoms with Crippen molar-refractivity contribution in [1.29, 1.82) is 0 Å². The van der Waals surface area contributed by atoms with Crippen molar-refractivity contribution in [2.45, 2.75) is 18.9 Å². The molecular weight excluding hydrogens is 362 g/mol. The highest BCUT2D eigenvalue weighted by Gasteiger charge is 2.31. The molecule has 0 radical (unpaired) electrons. The summed E-state index contributed by atoms with van der Waals surface area (Å²) in [7, 11) is 1.64. The standard InChI is InChI=1S/C17H20ClN3O3S/c1-23-12-5-4-11(18)15-14(12)19-17(25-15)21-8-6-20(7-9-21)16(22)13-3-2-10-24-13/h4-5,13H,2-3,6-10H2,1H3. The van der Waals surface area contributed by atoms with Crippen molar-refractivity contribution in [2.24, 2.45) is 0 Å². The van der Waals surface area contributed by atoms with Crippen LogP contribution in [0.3, 0.4) is 0 Å². The van der Waals surface area contributed by atoms with Gasteiger partial charge in [0, 0.05) is 32.8 Å². The first-order valence-electron chi connectivity index (χ1n) is 8.46. The van der Waals surface area contributed by atoms with Crippen molar-refractivity contribution < 1.29 is 14.3 Å². The molecule has 0 aliphatic carbocycles. The van der Waals surface area contributed by atoms with Gasteiger partial charge in [0.15, 0.2) is 5.13 Å². The number of halogens is 1. The number of piperazine rings is 1. The molecule has 3 heterocycles. The number of anilines is 1. The molecule has 2 fully saturated rings. The molecule has 2 aliphatic heterocycles. The summed E-state index contributed by atoms with van der Waals surface area (Å²) in [6.07, 6.45) is 1.58. The second kappa shape index (κ2) is 6.97. The highest BCUT2D eigenvalue weighted by molar-refractivity contribution is 7.22. The van der Waals surface area contributed by atoms with Crippen LogP contribution >= 0.6 is 22.9 Å². The maximum atomic E-state index is 12.4. The van der Waals surface area contributed by atoms with E-state index < -0.39 is 0 Å². The Hall–Kier alpha value is -1.57. The molecular formula is C17H20ClN3O3S. The minimum atomic E-state index is -0.239. The molecule has 1 aromatic carbocycles. The van der Waals surface area contributed by atoms with E-state index in [2.05, 4.69) is 4.90 Å². The minimum absolute atomic E-state index is 0.131. The van der Waals surface area contributed by atoms with Crippen LogP contribution in [0.5, 0.6) is 5.75 Å². The first-order chi connectivity index (χ1) is 12.2. The molecule has 8 heteroatoms. The Morgan fingerprint density at radius 1 is 1.36 bits per heavy atom. The predicted octanol–water partition coefficient (Wildman–Crippen LogP) is 2.79. The molecule has 2 aromatic rings. The molecule has 1 unspecified atom stereocenters. The molecule has 0 bridgehead atoms. The molecule has 1 atom stereocenters. The Kier molecular flexibility index (Phi) is 4.71. The second-order valence-corrected chi connectivity index (χ2v) is 7.62. The van der Waals surface area contributed by atoms with E-state index in [0.29, 0.717) is 24.7 Å². The normalized spacial score (nSPS) is 21.1. The van der Waals surface area contributed by atoms with Crippen LogP contribution < -0.4 is 9.64 Å². The fourth-order valence-corrected chi connectivity index (χ4v) is 4.64. The molecule has 134 valence electrons. The molecule has 1 amide bonds. The molecule has 4 rings (SSSR count). The fraction of sp³-hybridized carbons (Fsp3) is 0.529. The van der Waals surface area contributed by atoms with Crippen LogP contribution in [0.25, 0.3) is 10.2 Å². The minimum Gasteiger partial charge on any atom is -0.494 e. The zero-order valence-corrected chi connectivity index (χ0v) is 15.6. The van der Waals surface area contributed by atoms with Gasteiger partial charge in [0.25, 0.3) is 5.91 Å². The SMILES string of the molecule is COc1ccc(Cl)c2sc(N3CCN(C(=O)C4CCCO4)CC3)nc12. The van der Waals surface area contributed by atoms with Crippen molar-refractivity contribution in [3.63, 3.8) is 0 Å². The first kappa shape index (κ1) is 16.9. The Labute approximate surface area is 155 Å². The monoisotopic (exact) mass is 381 g/mol. The largest absolute Gasteiger partial charge is 0.494 e. The first-order valence-corrected chi connectivity index (χ1v) is 9.65. The highest BCUT2D eigenvalue weighted by atomic mass is 35.5. The summed E-state index contributed by atoms with van der Waals surface area (Å²) in [6, 6.07) is 3.68. The summed E-state index contributed by atoms with van der Waals surface area (Å²) < 4.78 is 11.8. The van der Waals surface area contributed by atoms with Crippen LogP contribution in [0.1, 0.15) is 12.8 Å². The number of aromatic nitrogens is 1. The summed E-state index contributed by atoms with van der Waals surface area (Å²) in [5.41, 5.74) is 0.799. The van der Waals surface area contributed by atoms with Gasteiger partial charge in [-0.25, -0.2) is 4.98 Å². The van der Waals surface area contributed by atoms with E-state index in [1.165, 1.54) is 0 Å². The molecule has 0 saturated carbocycles. The quantitative estimate of drug-likeness (QED) is 0.818. The Balaban J connectivity index is 1.48. The number of carbonyl (C=O) groups is 1. The lowest BCUT2D eigenvalue weighted by atomic mass is 10.2. The molecule has 0 spiro atoms. The van der Waals surface area contributed by atoms with Gasteiger partial charge in [-0.3, -0.25) is 4.79 Å². The van der Waals surface area contributed by atoms with Crippen molar-refractivity contribution in [2.75, 3.05) is 44.8 Å². The number of hydrogen-bond acceptors (Lipinski definition) is 6. The lowest BCUT2D eigenvalue weighted by molar-refractivity contribution is -0.141. The van der Waals surface area contributed by atoms with E-state index in [9.17, 15) is 4.79 Å². The van der Waals surface area contributed by atoms with E-state index in [0.717, 1.165) is 47.0 Å². The van der Waals surface area contributed by atoms with Gasteiger partial charge in [-0.2, -0.15) is 0 Å². The number of methoxy groups -OCH3 is 1. The number of amides is 1. The van der Waals surface area contributed by atoms with E-state index in [1.807, 2.05) is 17.0 Å². The summed E-state index contributed by atoms with van der Waals surface area (Å²) in [6.45, 7) is 3.61. The average molecular weight is 382 g/mol. The molecule has 1 aromatic heterocycles. The van der Waals surface area contributed by atoms with Gasteiger partial charge in [-0.15, -0.1) is 0 Å². The van der Waals surface area contributed by atoms with Crippen LogP contribution in [0, 0.1) is 0 Å². The van der Waals surface area contributed by atoms with Crippen LogP contribution in [0.2, 0.25) is 5.02 Å². The maximum absolute atomic E-state index is 12.4. The van der Waals surface area contributed by atoms with Crippen molar-refractivity contribution in [3.05, 3.63) is 17.2 Å². The van der Waals surface area contributed by atoms with Gasteiger partial charge < -0.3 is 19.3 Å². The van der Waals surface area contributed by atoms with Gasteiger partial charge in [0.05, 0.1) is 16.8 Å². The lowest BCUT2D eigenvalue weighted by Crippen LogP contribution is -2.51. The summed E-state index contributed by atoms with van der Waals surface area (Å²) in [4.78, 5) is 21.3. The molecule has 6 nitrogen and oxygen atoms in total. The van der Waals surface area contributed by atoms with E-state index in [1.54, 1.807) is 18.4 Å². The summed E-state index contributed by atoms with van der Waals surface area (Å²) in [5, 5.41) is 1.61. The predicted molar refractivity (Wildman–Crippen MR) is 98.9 cm³/mol. The third kappa shape index (κ3) is 3.16. The number of ether oxygens (including phenoxy) is 2. The van der Waals surface area contributed by atoms with Gasteiger partial charge in [-0.1, -0.05) is 22.9 Å². The third-order valence-electron chi connectivity index (χ3n) is 4.73. The summed E-state index contributed by atoms with van der Waals surface area (Å²) in [5.74, 6) is 0.861. The van der Waals surface area contributed by atoms with Crippen LogP contribution in [0.15, 0.2) is 12.1 Å². The maximum Gasteiger partial charge on any atom is 0.251 e. The number of fused-ring (bicyclic) bond motifs is 1. The molecule has 2 aliphatic rings. The van der Waals surface area contributed by atoms with Gasteiger partial charge in [0.1, 0.15) is 17.4 Å². The molecule has 25 heavy (non-hydrogen) atoms. The van der Waals surface area contributed by atoms with Gasteiger partial charge in [0.2, 0.25) is 0 Å². The highest BCUT2D eigenvalue weighted by Crippen LogP contribution is 2.38. The topological polar surface area (TPSA) is 54.9 Å². The lowest BCUT2D eigenvalue weighted by Gasteiger charge is -2.35. The Morgan fingerprint density at radius 2 is 2.16 bits per heavy atom. The number of nitrogens with zero attached hydrogens (tertiary/aromatic N) is 3. The zero-order valence-electron chi connectivity index (χ0n) is 14.0. The zero-order chi connectivity index (χ0) is 17.4. The van der Waals surface area contributed by atoms with Crippen molar-refractivity contribution in [1.82, 2.24) is 9.88 Å². The number of benzene rings is 1. The Morgan fingerprint density at radius 3 is 2.84 bits per heavy atom. The van der Waals surface area contributed by atoms with Gasteiger partial charge in [-0.05, 0) is 25.0 Å². The van der Waals surface area contributed by atoms with E-state index in [-0.39, 0.29) is 12.0 Å². The fourth-order valence-electron chi connectivity index (χ4n) is 3.34. The smallest absolute Gasteiger partial charge is 0.251 e.